The van der Waals surface area contributed by atoms with Crippen molar-refractivity contribution in [3.63, 3.8) is 0 Å². The Balaban J connectivity index is 1.79. The topological polar surface area (TPSA) is 58.2 Å². The third kappa shape index (κ3) is 3.48. The van der Waals surface area contributed by atoms with Crippen molar-refractivity contribution in [1.82, 2.24) is 0 Å². The number of hydrogen-bond donors (Lipinski definition) is 2. The highest BCUT2D eigenvalue weighted by atomic mass is 35.5. The van der Waals surface area contributed by atoms with Crippen molar-refractivity contribution in [3.05, 3.63) is 59.9 Å². The first kappa shape index (κ1) is 17.7. The number of nitrogens with one attached hydrogen (secondary N) is 2. The molecule has 7 heteroatoms. The van der Waals surface area contributed by atoms with E-state index in [9.17, 15) is 14.0 Å². The number of hydrogen-bond acceptors (Lipinski definition) is 2. The predicted molar refractivity (Wildman–Crippen MR) is 96.6 cm³/mol. The van der Waals surface area contributed by atoms with Gasteiger partial charge in [0.1, 0.15) is 10.2 Å². The van der Waals surface area contributed by atoms with E-state index in [1.807, 2.05) is 0 Å². The zero-order chi connectivity index (χ0) is 18.2. The van der Waals surface area contributed by atoms with Gasteiger partial charge in [-0.05, 0) is 43.7 Å². The lowest BCUT2D eigenvalue weighted by Crippen LogP contribution is -2.27. The van der Waals surface area contributed by atoms with Gasteiger partial charge in [0.25, 0.3) is 5.91 Å². The number of halogens is 3. The van der Waals surface area contributed by atoms with Crippen molar-refractivity contribution < 1.29 is 14.0 Å². The van der Waals surface area contributed by atoms with E-state index in [2.05, 4.69) is 10.6 Å². The van der Waals surface area contributed by atoms with Gasteiger partial charge < -0.3 is 10.6 Å². The summed E-state index contributed by atoms with van der Waals surface area (Å²) in [7, 11) is 0. The highest BCUT2D eigenvalue weighted by Gasteiger charge is 2.67. The number of para-hydroxylation sites is 1. The van der Waals surface area contributed by atoms with Crippen molar-refractivity contribution in [1.29, 1.82) is 0 Å². The molecule has 0 spiro atoms. The summed E-state index contributed by atoms with van der Waals surface area (Å²) in [6, 6.07) is 12.1. The molecule has 0 radical (unpaired) electrons. The SMILES string of the molecule is CC1(C(=O)Nc2ccccc2C(=O)Nc2cccc(F)c2)CC1(Cl)Cl. The zero-order valence-corrected chi connectivity index (χ0v) is 14.8. The van der Waals surface area contributed by atoms with Crippen LogP contribution in [0.5, 0.6) is 0 Å². The minimum absolute atomic E-state index is 0.249. The van der Waals surface area contributed by atoms with Gasteiger partial charge in [-0.1, -0.05) is 18.2 Å². The molecule has 2 aromatic carbocycles. The van der Waals surface area contributed by atoms with E-state index >= 15 is 0 Å². The minimum atomic E-state index is -1.10. The number of alkyl halides is 2. The highest BCUT2D eigenvalue weighted by Crippen LogP contribution is 2.64. The summed E-state index contributed by atoms with van der Waals surface area (Å²) in [4.78, 5) is 24.9. The molecule has 0 bridgehead atoms. The molecule has 130 valence electrons. The van der Waals surface area contributed by atoms with Crippen LogP contribution in [0.15, 0.2) is 48.5 Å². The van der Waals surface area contributed by atoms with Gasteiger partial charge in [-0.2, -0.15) is 0 Å². The van der Waals surface area contributed by atoms with Gasteiger partial charge in [-0.25, -0.2) is 4.39 Å². The van der Waals surface area contributed by atoms with Crippen LogP contribution in [0.2, 0.25) is 0 Å². The van der Waals surface area contributed by atoms with Crippen LogP contribution < -0.4 is 10.6 Å². The number of amides is 2. The standard InChI is InChI=1S/C18H15Cl2FN2O2/c1-17(10-18(17,19)20)16(25)23-14-8-3-2-7-13(14)15(24)22-12-6-4-5-11(21)9-12/h2-9H,10H2,1H3,(H,22,24)(H,23,25). The Morgan fingerprint density at radius 2 is 1.76 bits per heavy atom. The summed E-state index contributed by atoms with van der Waals surface area (Å²) in [5.74, 6) is -1.28. The Kier molecular flexibility index (Phi) is 4.47. The molecule has 3 rings (SSSR count). The first-order valence-corrected chi connectivity index (χ1v) is 8.34. The molecule has 1 aliphatic rings. The molecule has 0 aliphatic heterocycles. The lowest BCUT2D eigenvalue weighted by Gasteiger charge is -2.15. The predicted octanol–water partition coefficient (Wildman–Crippen LogP) is 4.60. The molecule has 2 N–H and O–H groups in total. The Labute approximate surface area is 154 Å². The molecule has 2 amide bonds. The van der Waals surface area contributed by atoms with E-state index in [0.29, 0.717) is 17.8 Å². The third-order valence-corrected chi connectivity index (χ3v) is 5.36. The minimum Gasteiger partial charge on any atom is -0.325 e. The molecule has 1 unspecified atom stereocenters. The second kappa shape index (κ2) is 6.32. The largest absolute Gasteiger partial charge is 0.325 e. The Morgan fingerprint density at radius 3 is 2.40 bits per heavy atom. The van der Waals surface area contributed by atoms with Crippen molar-refractivity contribution in [2.75, 3.05) is 10.6 Å². The molecule has 2 aromatic rings. The van der Waals surface area contributed by atoms with Gasteiger partial charge in [0, 0.05) is 5.69 Å². The molecular weight excluding hydrogens is 366 g/mol. The van der Waals surface area contributed by atoms with E-state index < -0.39 is 21.5 Å². The fourth-order valence-corrected chi connectivity index (χ4v) is 3.17. The molecule has 25 heavy (non-hydrogen) atoms. The molecule has 1 atom stereocenters. The van der Waals surface area contributed by atoms with Gasteiger partial charge in [0.15, 0.2) is 0 Å². The fourth-order valence-electron chi connectivity index (χ4n) is 2.46. The lowest BCUT2D eigenvalue weighted by atomic mass is 10.1. The first-order chi connectivity index (χ1) is 11.7. The molecular formula is C18H15Cl2FN2O2. The monoisotopic (exact) mass is 380 g/mol. The maximum absolute atomic E-state index is 13.2. The molecule has 4 nitrogen and oxygen atoms in total. The molecule has 0 heterocycles. The molecule has 1 saturated carbocycles. The Hall–Kier alpha value is -2.11. The number of carbonyl (C=O) groups excluding carboxylic acids is 2. The normalized spacial score (nSPS) is 20.6. The van der Waals surface area contributed by atoms with E-state index in [1.165, 1.54) is 18.2 Å². The smallest absolute Gasteiger partial charge is 0.257 e. The summed E-state index contributed by atoms with van der Waals surface area (Å²) < 4.78 is 12.1. The average Bonchev–Trinajstić information content (AvgIpc) is 3.07. The quantitative estimate of drug-likeness (QED) is 0.761. The number of carbonyl (C=O) groups is 2. The van der Waals surface area contributed by atoms with Crippen molar-refractivity contribution >= 4 is 46.4 Å². The van der Waals surface area contributed by atoms with E-state index in [4.69, 9.17) is 23.2 Å². The van der Waals surface area contributed by atoms with Crippen LogP contribution in [-0.4, -0.2) is 16.1 Å². The van der Waals surface area contributed by atoms with Crippen molar-refractivity contribution in [2.45, 2.75) is 17.7 Å². The first-order valence-electron chi connectivity index (χ1n) is 7.58. The maximum Gasteiger partial charge on any atom is 0.257 e. The Bertz CT molecular complexity index is 856. The summed E-state index contributed by atoms with van der Waals surface area (Å²) in [6.07, 6.45) is 0.340. The summed E-state index contributed by atoms with van der Waals surface area (Å²) >= 11 is 12.0. The second-order valence-corrected chi connectivity index (χ2v) is 7.66. The van der Waals surface area contributed by atoms with E-state index in [-0.39, 0.29) is 11.5 Å². The maximum atomic E-state index is 13.2. The lowest BCUT2D eigenvalue weighted by molar-refractivity contribution is -0.120. The van der Waals surface area contributed by atoms with Gasteiger partial charge in [0.05, 0.1) is 16.7 Å². The van der Waals surface area contributed by atoms with Crippen LogP contribution in [0.4, 0.5) is 15.8 Å². The van der Waals surface area contributed by atoms with Gasteiger partial charge >= 0.3 is 0 Å². The van der Waals surface area contributed by atoms with E-state index in [1.54, 1.807) is 37.3 Å². The second-order valence-electron chi connectivity index (χ2n) is 6.18. The van der Waals surface area contributed by atoms with E-state index in [0.717, 1.165) is 0 Å². The summed E-state index contributed by atoms with van der Waals surface area (Å²) in [5, 5.41) is 5.30. The zero-order valence-electron chi connectivity index (χ0n) is 13.3. The molecule has 0 aromatic heterocycles. The van der Waals surface area contributed by atoms with Crippen LogP contribution >= 0.6 is 23.2 Å². The van der Waals surface area contributed by atoms with Crippen LogP contribution in [-0.2, 0) is 4.79 Å². The van der Waals surface area contributed by atoms with Gasteiger partial charge in [0.2, 0.25) is 5.91 Å². The third-order valence-electron chi connectivity index (χ3n) is 4.26. The molecule has 0 saturated heterocycles. The summed E-state index contributed by atoms with van der Waals surface area (Å²) in [5.41, 5.74) is 0.000929. The Morgan fingerprint density at radius 1 is 1.08 bits per heavy atom. The van der Waals surface area contributed by atoms with Gasteiger partial charge in [-0.3, -0.25) is 9.59 Å². The average molecular weight is 381 g/mol. The van der Waals surface area contributed by atoms with Crippen LogP contribution in [0, 0.1) is 11.2 Å². The number of anilines is 2. The molecule has 1 fully saturated rings. The summed E-state index contributed by atoms with van der Waals surface area (Å²) in [6.45, 7) is 1.66. The van der Waals surface area contributed by atoms with Crippen molar-refractivity contribution in [2.24, 2.45) is 5.41 Å². The van der Waals surface area contributed by atoms with Crippen LogP contribution in [0.25, 0.3) is 0 Å². The van der Waals surface area contributed by atoms with Crippen LogP contribution in [0.1, 0.15) is 23.7 Å². The number of rotatable bonds is 4. The molecule has 1 aliphatic carbocycles. The van der Waals surface area contributed by atoms with Crippen LogP contribution in [0.3, 0.4) is 0 Å². The van der Waals surface area contributed by atoms with Gasteiger partial charge in [-0.15, -0.1) is 23.2 Å². The van der Waals surface area contributed by atoms with Crippen molar-refractivity contribution in [3.8, 4) is 0 Å². The number of benzene rings is 2. The highest BCUT2D eigenvalue weighted by molar-refractivity contribution is 6.53. The fraction of sp³-hybridized carbons (Fsp3) is 0.222.